The van der Waals surface area contributed by atoms with E-state index in [9.17, 15) is 4.79 Å². The van der Waals surface area contributed by atoms with Gasteiger partial charge in [0.15, 0.2) is 5.78 Å². The molecule has 0 saturated carbocycles. The Bertz CT molecular complexity index is 633. The highest BCUT2D eigenvalue weighted by atomic mass is 16.5. The minimum Gasteiger partial charge on any atom is -0.496 e. The summed E-state index contributed by atoms with van der Waals surface area (Å²) in [6.07, 6.45) is 0. The highest BCUT2D eigenvalue weighted by molar-refractivity contribution is 6.12. The molecule has 3 nitrogen and oxygen atoms in total. The molecule has 0 spiro atoms. The molecule has 19 heavy (non-hydrogen) atoms. The Morgan fingerprint density at radius 2 is 1.79 bits per heavy atom. The molecule has 0 unspecified atom stereocenters. The lowest BCUT2D eigenvalue weighted by atomic mass is 9.96. The number of ether oxygens (including phenoxy) is 1. The Morgan fingerprint density at radius 3 is 2.47 bits per heavy atom. The molecule has 0 aliphatic rings. The number of anilines is 1. The van der Waals surface area contributed by atoms with Crippen molar-refractivity contribution in [3.63, 3.8) is 0 Å². The molecule has 0 heterocycles. The van der Waals surface area contributed by atoms with E-state index in [2.05, 4.69) is 0 Å². The van der Waals surface area contributed by atoms with Crippen LogP contribution in [0.25, 0.3) is 0 Å². The zero-order valence-electron chi connectivity index (χ0n) is 11.4. The molecule has 2 aromatic rings. The summed E-state index contributed by atoms with van der Waals surface area (Å²) in [5.41, 5.74) is 9.49. The number of carbonyl (C=O) groups excluding carboxylic acids is 1. The van der Waals surface area contributed by atoms with Gasteiger partial charge in [0.2, 0.25) is 0 Å². The molecule has 3 heteroatoms. The first-order valence-electron chi connectivity index (χ1n) is 6.08. The van der Waals surface area contributed by atoms with Crippen LogP contribution in [0.2, 0.25) is 0 Å². The second-order valence-electron chi connectivity index (χ2n) is 4.61. The highest BCUT2D eigenvalue weighted by Gasteiger charge is 2.16. The number of nitrogens with two attached hydrogens (primary N) is 1. The summed E-state index contributed by atoms with van der Waals surface area (Å²) < 4.78 is 5.24. The summed E-state index contributed by atoms with van der Waals surface area (Å²) in [5.74, 6) is 0.477. The van der Waals surface area contributed by atoms with Gasteiger partial charge in [-0.2, -0.15) is 0 Å². The molecule has 0 aliphatic heterocycles. The van der Waals surface area contributed by atoms with Gasteiger partial charge >= 0.3 is 0 Å². The zero-order valence-corrected chi connectivity index (χ0v) is 11.4. The van der Waals surface area contributed by atoms with E-state index in [-0.39, 0.29) is 5.78 Å². The number of ketones is 1. The number of carbonyl (C=O) groups is 1. The molecule has 0 aromatic heterocycles. The summed E-state index contributed by atoms with van der Waals surface area (Å²) in [4.78, 5) is 12.6. The topological polar surface area (TPSA) is 52.3 Å². The predicted octanol–water partition coefficient (Wildman–Crippen LogP) is 3.13. The van der Waals surface area contributed by atoms with E-state index in [0.29, 0.717) is 22.6 Å². The number of methoxy groups -OCH3 is 1. The van der Waals surface area contributed by atoms with E-state index in [1.54, 1.807) is 25.3 Å². The maximum absolute atomic E-state index is 12.6. The van der Waals surface area contributed by atoms with Gasteiger partial charge in [0, 0.05) is 11.3 Å². The van der Waals surface area contributed by atoms with E-state index in [0.717, 1.165) is 11.1 Å². The van der Waals surface area contributed by atoms with Crippen molar-refractivity contribution in [2.75, 3.05) is 12.8 Å². The van der Waals surface area contributed by atoms with Crippen LogP contribution < -0.4 is 10.5 Å². The molecule has 0 fully saturated rings. The molecule has 98 valence electrons. The Kier molecular flexibility index (Phi) is 3.56. The van der Waals surface area contributed by atoms with Crippen LogP contribution in [0.15, 0.2) is 36.4 Å². The monoisotopic (exact) mass is 255 g/mol. The number of nitrogen functional groups attached to an aromatic ring is 1. The molecular formula is C16H17NO2. The Balaban J connectivity index is 2.55. The lowest BCUT2D eigenvalue weighted by molar-refractivity contribution is 0.103. The van der Waals surface area contributed by atoms with E-state index < -0.39 is 0 Å². The second kappa shape index (κ2) is 5.14. The summed E-state index contributed by atoms with van der Waals surface area (Å²) >= 11 is 0. The average molecular weight is 255 g/mol. The molecule has 0 aliphatic carbocycles. The maximum atomic E-state index is 12.6. The van der Waals surface area contributed by atoms with E-state index in [4.69, 9.17) is 10.5 Å². The molecule has 0 saturated heterocycles. The largest absolute Gasteiger partial charge is 0.496 e. The van der Waals surface area contributed by atoms with E-state index in [1.165, 1.54) is 0 Å². The van der Waals surface area contributed by atoms with Gasteiger partial charge in [-0.25, -0.2) is 0 Å². The fourth-order valence-corrected chi connectivity index (χ4v) is 2.03. The number of hydrogen-bond donors (Lipinski definition) is 1. The van der Waals surface area contributed by atoms with Crippen molar-refractivity contribution in [3.8, 4) is 5.75 Å². The minimum absolute atomic E-state index is 0.0645. The van der Waals surface area contributed by atoms with Crippen LogP contribution in [-0.2, 0) is 0 Å². The third kappa shape index (κ3) is 2.60. The maximum Gasteiger partial charge on any atom is 0.197 e. The molecule has 0 atom stereocenters. The predicted molar refractivity (Wildman–Crippen MR) is 76.8 cm³/mol. The summed E-state index contributed by atoms with van der Waals surface area (Å²) in [7, 11) is 1.55. The first-order valence-corrected chi connectivity index (χ1v) is 6.08. The van der Waals surface area contributed by atoms with E-state index >= 15 is 0 Å². The first-order chi connectivity index (χ1) is 9.02. The molecule has 2 rings (SSSR count). The van der Waals surface area contributed by atoms with Gasteiger partial charge in [0.25, 0.3) is 0 Å². The number of benzene rings is 2. The number of rotatable bonds is 3. The van der Waals surface area contributed by atoms with Crippen LogP contribution in [0.3, 0.4) is 0 Å². The fraction of sp³-hybridized carbons (Fsp3) is 0.188. The summed E-state index contributed by atoms with van der Waals surface area (Å²) in [5, 5.41) is 0. The van der Waals surface area contributed by atoms with Crippen molar-refractivity contribution < 1.29 is 9.53 Å². The average Bonchev–Trinajstić information content (AvgIpc) is 2.40. The zero-order chi connectivity index (χ0) is 14.0. The quantitative estimate of drug-likeness (QED) is 0.677. The molecule has 0 amide bonds. The molecule has 2 N–H and O–H groups in total. The Morgan fingerprint density at radius 1 is 1.05 bits per heavy atom. The Labute approximate surface area is 113 Å². The minimum atomic E-state index is -0.0645. The first kappa shape index (κ1) is 13.1. The van der Waals surface area contributed by atoms with Crippen molar-refractivity contribution in [2.45, 2.75) is 13.8 Å². The van der Waals surface area contributed by atoms with Gasteiger partial charge < -0.3 is 10.5 Å². The van der Waals surface area contributed by atoms with Crippen LogP contribution in [-0.4, -0.2) is 12.9 Å². The highest BCUT2D eigenvalue weighted by Crippen LogP contribution is 2.25. The van der Waals surface area contributed by atoms with Crippen LogP contribution in [0.5, 0.6) is 5.75 Å². The van der Waals surface area contributed by atoms with Gasteiger partial charge in [-0.15, -0.1) is 0 Å². The summed E-state index contributed by atoms with van der Waals surface area (Å²) in [6.45, 7) is 3.89. The van der Waals surface area contributed by atoms with Crippen LogP contribution >= 0.6 is 0 Å². The van der Waals surface area contributed by atoms with Crippen LogP contribution in [0, 0.1) is 13.8 Å². The normalized spacial score (nSPS) is 10.3. The van der Waals surface area contributed by atoms with Gasteiger partial charge in [-0.3, -0.25) is 4.79 Å². The summed E-state index contributed by atoms with van der Waals surface area (Å²) in [6, 6.07) is 10.9. The molecule has 0 bridgehead atoms. The smallest absolute Gasteiger partial charge is 0.197 e. The third-order valence-electron chi connectivity index (χ3n) is 3.11. The van der Waals surface area contributed by atoms with Gasteiger partial charge in [-0.05, 0) is 43.7 Å². The fourth-order valence-electron chi connectivity index (χ4n) is 2.03. The SMILES string of the molecule is COc1ccc(N)cc1C(=O)c1cc(C)ccc1C. The lowest BCUT2D eigenvalue weighted by Crippen LogP contribution is -2.07. The molecule has 2 aromatic carbocycles. The second-order valence-corrected chi connectivity index (χ2v) is 4.61. The van der Waals surface area contributed by atoms with Crippen molar-refractivity contribution in [1.82, 2.24) is 0 Å². The lowest BCUT2D eigenvalue weighted by Gasteiger charge is -2.11. The third-order valence-corrected chi connectivity index (χ3v) is 3.11. The van der Waals surface area contributed by atoms with Gasteiger partial charge in [0.1, 0.15) is 5.75 Å². The molecule has 0 radical (unpaired) electrons. The number of aryl methyl sites for hydroxylation is 2. The van der Waals surface area contributed by atoms with Gasteiger partial charge in [-0.1, -0.05) is 17.7 Å². The Hall–Kier alpha value is -2.29. The van der Waals surface area contributed by atoms with Gasteiger partial charge in [0.05, 0.1) is 12.7 Å². The van der Waals surface area contributed by atoms with Crippen molar-refractivity contribution >= 4 is 11.5 Å². The van der Waals surface area contributed by atoms with E-state index in [1.807, 2.05) is 32.0 Å². The van der Waals surface area contributed by atoms with Crippen molar-refractivity contribution in [3.05, 3.63) is 58.7 Å². The van der Waals surface area contributed by atoms with Crippen LogP contribution in [0.1, 0.15) is 27.0 Å². The number of hydrogen-bond acceptors (Lipinski definition) is 3. The van der Waals surface area contributed by atoms with Crippen molar-refractivity contribution in [2.24, 2.45) is 0 Å². The molecular weight excluding hydrogens is 238 g/mol. The van der Waals surface area contributed by atoms with Crippen molar-refractivity contribution in [1.29, 1.82) is 0 Å². The standard InChI is InChI=1S/C16H17NO2/c1-10-4-5-11(2)13(8-10)16(18)14-9-12(17)6-7-15(14)19-3/h4-9H,17H2,1-3H3. The van der Waals surface area contributed by atoms with Crippen LogP contribution in [0.4, 0.5) is 5.69 Å².